The molecule has 2 heteroatoms. The van der Waals surface area contributed by atoms with Crippen molar-refractivity contribution in [1.82, 2.24) is 0 Å². The number of carbonyl (C=O) groups excluding carboxylic acids is 1. The molecule has 0 radical (unpaired) electrons. The average molecular weight is 287 g/mol. The summed E-state index contributed by atoms with van der Waals surface area (Å²) in [5.41, 5.74) is 11.1. The number of Topliss-reactive ketones (excluding diaryl/α,β-unsaturated/α-hetero) is 1. The summed E-state index contributed by atoms with van der Waals surface area (Å²) in [6, 6.07) is 4.35. The molecule has 0 unspecified atom stereocenters. The van der Waals surface area contributed by atoms with Crippen LogP contribution in [0.4, 0.5) is 0 Å². The van der Waals surface area contributed by atoms with E-state index >= 15 is 0 Å². The Morgan fingerprint density at radius 3 is 2.19 bits per heavy atom. The van der Waals surface area contributed by atoms with Gasteiger partial charge in [0.2, 0.25) is 0 Å². The predicted octanol–water partition coefficient (Wildman–Crippen LogP) is 4.02. The van der Waals surface area contributed by atoms with Crippen LogP contribution in [0.5, 0.6) is 0 Å². The summed E-state index contributed by atoms with van der Waals surface area (Å²) < 4.78 is 0. The van der Waals surface area contributed by atoms with Crippen LogP contribution in [0.25, 0.3) is 0 Å². The molecule has 0 bridgehead atoms. The summed E-state index contributed by atoms with van der Waals surface area (Å²) in [5, 5.41) is 0. The first-order chi connectivity index (χ1) is 9.96. The number of rotatable bonds is 5. The third-order valence-corrected chi connectivity index (χ3v) is 5.13. The van der Waals surface area contributed by atoms with Crippen LogP contribution in [0.15, 0.2) is 12.1 Å². The molecule has 1 aliphatic carbocycles. The van der Waals surface area contributed by atoms with E-state index < -0.39 is 0 Å². The third kappa shape index (κ3) is 3.94. The van der Waals surface area contributed by atoms with E-state index in [0.717, 1.165) is 12.8 Å². The summed E-state index contributed by atoms with van der Waals surface area (Å²) in [7, 11) is 0. The Bertz CT molecular complexity index is 489. The minimum atomic E-state index is 0.0852. The van der Waals surface area contributed by atoms with Crippen molar-refractivity contribution in [2.45, 2.75) is 65.7 Å². The molecule has 2 nitrogen and oxygen atoms in total. The lowest BCUT2D eigenvalue weighted by Gasteiger charge is -2.35. The molecule has 0 heterocycles. The van der Waals surface area contributed by atoms with Crippen molar-refractivity contribution >= 4 is 5.78 Å². The second-order valence-corrected chi connectivity index (χ2v) is 7.03. The highest BCUT2D eigenvalue weighted by Gasteiger charge is 2.32. The maximum Gasteiger partial charge on any atom is 0.137 e. The van der Waals surface area contributed by atoms with Gasteiger partial charge in [0.25, 0.3) is 0 Å². The minimum absolute atomic E-state index is 0.0852. The standard InChI is InChI=1S/C19H29NO/c1-14-9-15(2)18(16(3)10-14)11-17(21)12-19(13-20)7-5-4-6-8-19/h9-10H,4-8,11-13,20H2,1-3H3. The molecular weight excluding hydrogens is 258 g/mol. The maximum absolute atomic E-state index is 12.6. The SMILES string of the molecule is Cc1cc(C)c(CC(=O)CC2(CN)CCCCC2)c(C)c1. The monoisotopic (exact) mass is 287 g/mol. The molecule has 0 aromatic heterocycles. The Morgan fingerprint density at radius 1 is 1.10 bits per heavy atom. The molecule has 21 heavy (non-hydrogen) atoms. The van der Waals surface area contributed by atoms with E-state index in [1.165, 1.54) is 41.5 Å². The van der Waals surface area contributed by atoms with Crippen molar-refractivity contribution in [2.75, 3.05) is 6.54 Å². The van der Waals surface area contributed by atoms with E-state index in [9.17, 15) is 4.79 Å². The molecule has 0 aliphatic heterocycles. The molecule has 1 saturated carbocycles. The molecular formula is C19H29NO. The first kappa shape index (κ1) is 16.2. The van der Waals surface area contributed by atoms with Crippen molar-refractivity contribution in [3.8, 4) is 0 Å². The number of carbonyl (C=O) groups is 1. The van der Waals surface area contributed by atoms with Crippen LogP contribution >= 0.6 is 0 Å². The summed E-state index contributed by atoms with van der Waals surface area (Å²) in [6.07, 6.45) is 7.24. The summed E-state index contributed by atoms with van der Waals surface area (Å²) >= 11 is 0. The molecule has 0 amide bonds. The lowest BCUT2D eigenvalue weighted by molar-refractivity contribution is -0.121. The fourth-order valence-corrected chi connectivity index (χ4v) is 3.92. The summed E-state index contributed by atoms with van der Waals surface area (Å²) in [5.74, 6) is 0.359. The van der Waals surface area contributed by atoms with Crippen molar-refractivity contribution in [3.63, 3.8) is 0 Å². The molecule has 0 atom stereocenters. The quantitative estimate of drug-likeness (QED) is 0.888. The van der Waals surface area contributed by atoms with Crippen LogP contribution in [0.3, 0.4) is 0 Å². The van der Waals surface area contributed by atoms with Gasteiger partial charge in [-0.05, 0) is 62.3 Å². The van der Waals surface area contributed by atoms with E-state index in [-0.39, 0.29) is 5.41 Å². The largest absolute Gasteiger partial charge is 0.330 e. The zero-order chi connectivity index (χ0) is 15.5. The van der Waals surface area contributed by atoms with Crippen LogP contribution in [-0.2, 0) is 11.2 Å². The Kier molecular flexibility index (Phi) is 5.21. The van der Waals surface area contributed by atoms with Crippen LogP contribution < -0.4 is 5.73 Å². The van der Waals surface area contributed by atoms with Crippen molar-refractivity contribution in [2.24, 2.45) is 11.1 Å². The Morgan fingerprint density at radius 2 is 1.67 bits per heavy atom. The highest BCUT2D eigenvalue weighted by molar-refractivity contribution is 5.82. The van der Waals surface area contributed by atoms with Gasteiger partial charge in [-0.3, -0.25) is 4.79 Å². The first-order valence-electron chi connectivity index (χ1n) is 8.24. The smallest absolute Gasteiger partial charge is 0.137 e. The maximum atomic E-state index is 12.6. The van der Waals surface area contributed by atoms with E-state index in [2.05, 4.69) is 32.9 Å². The molecule has 116 valence electrons. The lowest BCUT2D eigenvalue weighted by atomic mass is 9.70. The van der Waals surface area contributed by atoms with Crippen LogP contribution in [-0.4, -0.2) is 12.3 Å². The molecule has 1 fully saturated rings. The summed E-state index contributed by atoms with van der Waals surface area (Å²) in [6.45, 7) is 6.99. The summed E-state index contributed by atoms with van der Waals surface area (Å²) in [4.78, 5) is 12.6. The van der Waals surface area contributed by atoms with Crippen molar-refractivity contribution < 1.29 is 4.79 Å². The Hall–Kier alpha value is -1.15. The van der Waals surface area contributed by atoms with Gasteiger partial charge in [0.15, 0.2) is 0 Å². The second kappa shape index (κ2) is 6.74. The molecule has 2 N–H and O–H groups in total. The molecule has 1 aromatic carbocycles. The highest BCUT2D eigenvalue weighted by atomic mass is 16.1. The minimum Gasteiger partial charge on any atom is -0.330 e. The second-order valence-electron chi connectivity index (χ2n) is 7.03. The van der Waals surface area contributed by atoms with Crippen LogP contribution in [0.1, 0.15) is 60.8 Å². The topological polar surface area (TPSA) is 43.1 Å². The number of ketones is 1. The zero-order valence-electron chi connectivity index (χ0n) is 13.8. The van der Waals surface area contributed by atoms with E-state index in [0.29, 0.717) is 25.2 Å². The molecule has 0 saturated heterocycles. The number of benzene rings is 1. The predicted molar refractivity (Wildman–Crippen MR) is 88.6 cm³/mol. The van der Waals surface area contributed by atoms with E-state index in [1.54, 1.807) is 0 Å². The van der Waals surface area contributed by atoms with E-state index in [4.69, 9.17) is 5.73 Å². The first-order valence-corrected chi connectivity index (χ1v) is 8.24. The molecule has 1 aliphatic rings. The van der Waals surface area contributed by atoms with Gasteiger partial charge >= 0.3 is 0 Å². The average Bonchev–Trinajstić information content (AvgIpc) is 2.44. The normalized spacial score (nSPS) is 17.7. The number of nitrogens with two attached hydrogens (primary N) is 1. The van der Waals surface area contributed by atoms with Gasteiger partial charge in [-0.1, -0.05) is 37.0 Å². The Labute approximate surface area is 129 Å². The zero-order valence-corrected chi connectivity index (χ0v) is 13.8. The number of hydrogen-bond acceptors (Lipinski definition) is 2. The van der Waals surface area contributed by atoms with Gasteiger partial charge < -0.3 is 5.73 Å². The van der Waals surface area contributed by atoms with Crippen molar-refractivity contribution in [1.29, 1.82) is 0 Å². The molecule has 0 spiro atoms. The molecule has 2 rings (SSSR count). The third-order valence-electron chi connectivity index (χ3n) is 5.13. The van der Waals surface area contributed by atoms with Gasteiger partial charge in [0.1, 0.15) is 5.78 Å². The Balaban J connectivity index is 2.08. The van der Waals surface area contributed by atoms with Gasteiger partial charge in [-0.15, -0.1) is 0 Å². The van der Waals surface area contributed by atoms with Gasteiger partial charge in [0, 0.05) is 12.8 Å². The molecule has 1 aromatic rings. The van der Waals surface area contributed by atoms with Crippen LogP contribution in [0.2, 0.25) is 0 Å². The fraction of sp³-hybridized carbons (Fsp3) is 0.632. The number of aryl methyl sites for hydroxylation is 3. The van der Waals surface area contributed by atoms with Gasteiger partial charge in [0.05, 0.1) is 0 Å². The van der Waals surface area contributed by atoms with Crippen molar-refractivity contribution in [3.05, 3.63) is 34.4 Å². The number of hydrogen-bond donors (Lipinski definition) is 1. The highest BCUT2D eigenvalue weighted by Crippen LogP contribution is 2.38. The van der Waals surface area contributed by atoms with Gasteiger partial charge in [-0.25, -0.2) is 0 Å². The van der Waals surface area contributed by atoms with Gasteiger partial charge in [-0.2, -0.15) is 0 Å². The fourth-order valence-electron chi connectivity index (χ4n) is 3.92. The lowest BCUT2D eigenvalue weighted by Crippen LogP contribution is -2.35. The van der Waals surface area contributed by atoms with E-state index in [1.807, 2.05) is 0 Å². The van der Waals surface area contributed by atoms with Crippen LogP contribution in [0, 0.1) is 26.2 Å².